The maximum Gasteiger partial charge on any atom is 0.265 e. The summed E-state index contributed by atoms with van der Waals surface area (Å²) in [5.74, 6) is 4.31. The molecule has 6 heteroatoms. The molecule has 5 nitrogen and oxygen atoms in total. The van der Waals surface area contributed by atoms with Crippen molar-refractivity contribution in [2.45, 2.75) is 13.1 Å². The monoisotopic (exact) mass is 288 g/mol. The van der Waals surface area contributed by atoms with Crippen LogP contribution < -0.4 is 11.3 Å². The van der Waals surface area contributed by atoms with Crippen molar-refractivity contribution in [3.8, 4) is 0 Å². The molecule has 0 unspecified atom stereocenters. The first-order chi connectivity index (χ1) is 10.1. The van der Waals surface area contributed by atoms with E-state index in [1.807, 2.05) is 29.5 Å². The smallest absolute Gasteiger partial charge is 0.265 e. The Labute approximate surface area is 122 Å². The van der Waals surface area contributed by atoms with Gasteiger partial charge in [-0.2, -0.15) is 0 Å². The first kappa shape index (κ1) is 15.1. The minimum absolute atomic E-state index is 0.339. The molecule has 0 radical (unpaired) electrons. The van der Waals surface area contributed by atoms with Crippen molar-refractivity contribution in [2.75, 3.05) is 7.05 Å². The predicted octanol–water partition coefficient (Wildman–Crippen LogP) is 1.46. The van der Waals surface area contributed by atoms with Gasteiger partial charge in [0, 0.05) is 36.6 Å². The minimum atomic E-state index is -0.437. The number of hydrazine groups is 1. The van der Waals surface area contributed by atoms with Gasteiger partial charge >= 0.3 is 0 Å². The Morgan fingerprint density at radius 1 is 1.29 bits per heavy atom. The zero-order valence-corrected chi connectivity index (χ0v) is 11.7. The summed E-state index contributed by atoms with van der Waals surface area (Å²) >= 11 is 0. The van der Waals surface area contributed by atoms with Crippen molar-refractivity contribution in [3.05, 3.63) is 65.2 Å². The second-order valence-electron chi connectivity index (χ2n) is 4.81. The van der Waals surface area contributed by atoms with Crippen LogP contribution >= 0.6 is 0 Å². The van der Waals surface area contributed by atoms with Gasteiger partial charge in [-0.15, -0.1) is 0 Å². The van der Waals surface area contributed by atoms with Crippen LogP contribution in [-0.2, 0) is 13.1 Å². The van der Waals surface area contributed by atoms with Gasteiger partial charge in [-0.1, -0.05) is 0 Å². The molecule has 0 aliphatic carbocycles. The number of carbonyl (C=O) groups excluding carboxylic acids is 1. The summed E-state index contributed by atoms with van der Waals surface area (Å²) in [7, 11) is 1.88. The highest BCUT2D eigenvalue weighted by molar-refractivity contribution is 5.93. The van der Waals surface area contributed by atoms with E-state index in [4.69, 9.17) is 5.84 Å². The highest BCUT2D eigenvalue weighted by atomic mass is 19.1. The highest BCUT2D eigenvalue weighted by Gasteiger charge is 2.11. The number of benzene rings is 1. The van der Waals surface area contributed by atoms with E-state index in [2.05, 4.69) is 4.98 Å². The highest BCUT2D eigenvalue weighted by Crippen LogP contribution is 2.14. The van der Waals surface area contributed by atoms with Crippen LogP contribution in [0.15, 0.2) is 42.7 Å². The molecule has 21 heavy (non-hydrogen) atoms. The molecular formula is C15H17FN4O. The van der Waals surface area contributed by atoms with Gasteiger partial charge in [-0.25, -0.2) is 10.2 Å². The number of pyridine rings is 1. The average Bonchev–Trinajstić information content (AvgIpc) is 2.49. The third-order valence-electron chi connectivity index (χ3n) is 3.08. The number of halogens is 1. The summed E-state index contributed by atoms with van der Waals surface area (Å²) in [6, 6.07) is 8.01. The lowest BCUT2D eigenvalue weighted by Gasteiger charge is -2.17. The average molecular weight is 288 g/mol. The Kier molecular flexibility index (Phi) is 4.97. The molecule has 1 amide bonds. The second kappa shape index (κ2) is 6.92. The Morgan fingerprint density at radius 2 is 2.00 bits per heavy atom. The lowest BCUT2D eigenvalue weighted by molar-refractivity contribution is 0.0953. The van der Waals surface area contributed by atoms with Gasteiger partial charge in [-0.05, 0) is 42.9 Å². The van der Waals surface area contributed by atoms with Gasteiger partial charge in [0.25, 0.3) is 5.91 Å². The molecule has 0 aliphatic heterocycles. The Morgan fingerprint density at radius 3 is 2.67 bits per heavy atom. The summed E-state index contributed by atoms with van der Waals surface area (Å²) in [6.45, 7) is 1.05. The third-order valence-corrected chi connectivity index (χ3v) is 3.08. The molecule has 2 rings (SSSR count). The van der Waals surface area contributed by atoms with Gasteiger partial charge < -0.3 is 0 Å². The van der Waals surface area contributed by atoms with E-state index >= 15 is 0 Å². The van der Waals surface area contributed by atoms with E-state index in [0.29, 0.717) is 24.2 Å². The van der Waals surface area contributed by atoms with Crippen molar-refractivity contribution in [1.29, 1.82) is 0 Å². The summed E-state index contributed by atoms with van der Waals surface area (Å²) in [4.78, 5) is 17.4. The molecular weight excluding hydrogens is 271 g/mol. The summed E-state index contributed by atoms with van der Waals surface area (Å²) < 4.78 is 13.8. The first-order valence-corrected chi connectivity index (χ1v) is 6.47. The fourth-order valence-corrected chi connectivity index (χ4v) is 2.07. The number of nitrogens with one attached hydrogen (secondary N) is 1. The van der Waals surface area contributed by atoms with Crippen LogP contribution in [0.4, 0.5) is 4.39 Å². The molecule has 0 aliphatic rings. The van der Waals surface area contributed by atoms with E-state index in [1.165, 1.54) is 18.2 Å². The molecule has 0 atom stereocenters. The maximum absolute atomic E-state index is 13.8. The van der Waals surface area contributed by atoms with Gasteiger partial charge in [-0.3, -0.25) is 20.1 Å². The Hall–Kier alpha value is -2.31. The number of nitrogens with zero attached hydrogens (tertiary/aromatic N) is 2. The molecule has 0 saturated heterocycles. The van der Waals surface area contributed by atoms with Crippen LogP contribution in [0.3, 0.4) is 0 Å². The van der Waals surface area contributed by atoms with Gasteiger partial charge in [0.2, 0.25) is 0 Å². The molecule has 1 aromatic carbocycles. The quantitative estimate of drug-likeness (QED) is 0.496. The van der Waals surface area contributed by atoms with Crippen LogP contribution in [0, 0.1) is 5.82 Å². The van der Waals surface area contributed by atoms with Crippen LogP contribution in [0.5, 0.6) is 0 Å². The van der Waals surface area contributed by atoms with Gasteiger partial charge in [0.15, 0.2) is 0 Å². The van der Waals surface area contributed by atoms with Gasteiger partial charge in [0.05, 0.1) is 0 Å². The number of nitrogens with two attached hydrogens (primary N) is 1. The van der Waals surface area contributed by atoms with Crippen LogP contribution in [0.1, 0.15) is 21.5 Å². The van der Waals surface area contributed by atoms with Crippen molar-refractivity contribution in [3.63, 3.8) is 0 Å². The zero-order chi connectivity index (χ0) is 15.2. The summed E-state index contributed by atoms with van der Waals surface area (Å²) in [6.07, 6.45) is 3.44. The van der Waals surface area contributed by atoms with Crippen molar-refractivity contribution >= 4 is 5.91 Å². The number of nitrogen functional groups attached to an aromatic ring is 1. The van der Waals surface area contributed by atoms with E-state index < -0.39 is 5.91 Å². The second-order valence-corrected chi connectivity index (χ2v) is 4.81. The third kappa shape index (κ3) is 4.08. The minimum Gasteiger partial charge on any atom is -0.298 e. The molecule has 1 heterocycles. The van der Waals surface area contributed by atoms with Crippen molar-refractivity contribution < 1.29 is 9.18 Å². The van der Waals surface area contributed by atoms with Crippen molar-refractivity contribution in [2.24, 2.45) is 5.84 Å². The number of hydrogen-bond acceptors (Lipinski definition) is 4. The van der Waals surface area contributed by atoms with Gasteiger partial charge in [0.1, 0.15) is 5.82 Å². The SMILES string of the molecule is CN(Cc1ccncc1)Cc1cc(C(=O)NN)ccc1F. The van der Waals surface area contributed by atoms with Crippen LogP contribution in [0.2, 0.25) is 0 Å². The largest absolute Gasteiger partial charge is 0.298 e. The molecule has 110 valence electrons. The maximum atomic E-state index is 13.8. The molecule has 0 bridgehead atoms. The van der Waals surface area contributed by atoms with Crippen LogP contribution in [0.25, 0.3) is 0 Å². The molecule has 0 fully saturated rings. The molecule has 0 saturated carbocycles. The number of aromatic nitrogens is 1. The molecule has 1 aromatic heterocycles. The summed E-state index contributed by atoms with van der Waals surface area (Å²) in [5.41, 5.74) is 3.92. The Bertz CT molecular complexity index is 618. The summed E-state index contributed by atoms with van der Waals surface area (Å²) in [5, 5.41) is 0. The van der Waals surface area contributed by atoms with E-state index in [9.17, 15) is 9.18 Å². The fraction of sp³-hybridized carbons (Fsp3) is 0.200. The topological polar surface area (TPSA) is 71.2 Å². The first-order valence-electron chi connectivity index (χ1n) is 6.47. The predicted molar refractivity (Wildman–Crippen MR) is 77.5 cm³/mol. The number of carbonyl (C=O) groups is 1. The molecule has 0 spiro atoms. The van der Waals surface area contributed by atoms with E-state index in [1.54, 1.807) is 12.4 Å². The van der Waals surface area contributed by atoms with E-state index in [0.717, 1.165) is 5.56 Å². The lowest BCUT2D eigenvalue weighted by Crippen LogP contribution is -2.30. The normalized spacial score (nSPS) is 10.7. The molecule has 2 aromatic rings. The van der Waals surface area contributed by atoms with Crippen molar-refractivity contribution in [1.82, 2.24) is 15.3 Å². The standard InChI is InChI=1S/C15H17FN4O/c1-20(9-11-4-6-18-7-5-11)10-13-8-12(15(21)19-17)2-3-14(13)16/h2-8H,9-10,17H2,1H3,(H,19,21). The fourth-order valence-electron chi connectivity index (χ4n) is 2.07. The number of rotatable bonds is 5. The molecule has 3 N–H and O–H groups in total. The lowest BCUT2D eigenvalue weighted by atomic mass is 10.1. The zero-order valence-electron chi connectivity index (χ0n) is 11.7. The Balaban J connectivity index is 2.09. The van der Waals surface area contributed by atoms with E-state index in [-0.39, 0.29) is 5.82 Å². The van der Waals surface area contributed by atoms with Crippen LogP contribution in [-0.4, -0.2) is 22.8 Å². The number of amides is 1. The number of hydrogen-bond donors (Lipinski definition) is 2.